The first-order valence-electron chi connectivity index (χ1n) is 31.0. The Morgan fingerprint density at radius 1 is 0.787 bits per heavy atom. The molecule has 2 atom stereocenters. The zero-order valence-corrected chi connectivity index (χ0v) is 58.9. The molecule has 0 radical (unpaired) electrons. The highest BCUT2D eigenvalue weighted by Gasteiger charge is 2.29. The summed E-state index contributed by atoms with van der Waals surface area (Å²) in [4.78, 5) is 70.3. The van der Waals surface area contributed by atoms with Crippen molar-refractivity contribution in [3.63, 3.8) is 0 Å². The molecule has 94 heavy (non-hydrogen) atoms. The molecule has 11 aromatic rings. The molecule has 0 aliphatic carbocycles. The molecule has 0 bridgehead atoms. The third-order valence-electron chi connectivity index (χ3n) is 17.2. The van der Waals surface area contributed by atoms with Crippen LogP contribution in [0.4, 0.5) is 17.3 Å². The van der Waals surface area contributed by atoms with Crippen molar-refractivity contribution < 1.29 is 9.59 Å². The highest BCUT2D eigenvalue weighted by atomic mass is 35.5. The van der Waals surface area contributed by atoms with Crippen molar-refractivity contribution in [3.8, 4) is 11.3 Å². The summed E-state index contributed by atoms with van der Waals surface area (Å²) in [5, 5.41) is 12.3. The summed E-state index contributed by atoms with van der Waals surface area (Å²) in [6.45, 7) is 12.8. The van der Waals surface area contributed by atoms with Crippen molar-refractivity contribution in [3.05, 3.63) is 197 Å². The number of nitrogens with zero attached hydrogens (tertiary/aromatic N) is 5. The average Bonchev–Trinajstić information content (AvgIpc) is 1.40. The van der Waals surface area contributed by atoms with Crippen LogP contribution >= 0.6 is 74.0 Å². The van der Waals surface area contributed by atoms with E-state index in [2.05, 4.69) is 97.3 Å². The lowest BCUT2D eigenvalue weighted by Gasteiger charge is -2.37. The maximum Gasteiger partial charge on any atom is 0.247 e. The number of pyridine rings is 1. The molecule has 11 N–H and O–H groups in total. The molecule has 17 nitrogen and oxygen atoms in total. The van der Waals surface area contributed by atoms with Gasteiger partial charge in [-0.15, -0.1) is 10.1 Å². The van der Waals surface area contributed by atoms with Crippen LogP contribution in [-0.2, 0) is 34.3 Å². The molecule has 5 aromatic carbocycles. The quantitative estimate of drug-likeness (QED) is 0.0388. The third-order valence-corrected chi connectivity index (χ3v) is 18.8. The Kier molecular flexibility index (Phi) is 24.0. The molecule has 1 unspecified atom stereocenters. The minimum absolute atomic E-state index is 0.0328. The Bertz CT molecular complexity index is 4570. The molecule has 1 amide bonds. The maximum absolute atomic E-state index is 12.8. The molecule has 9 heterocycles. The number of nitrogen functional groups attached to an aromatic ring is 1. The number of carbonyl (C=O) groups is 2. The highest BCUT2D eigenvalue weighted by molar-refractivity contribution is 8.17. The minimum atomic E-state index is -0.0857. The number of aromatic nitrogens is 8. The van der Waals surface area contributed by atoms with E-state index in [0.717, 1.165) is 157 Å². The number of amides is 1. The Labute approximate surface area is 577 Å². The van der Waals surface area contributed by atoms with Gasteiger partial charge in [0.15, 0.2) is 11.6 Å². The van der Waals surface area contributed by atoms with E-state index < -0.39 is 0 Å². The molecule has 14 rings (SSSR count). The summed E-state index contributed by atoms with van der Waals surface area (Å²) in [5.74, 6) is 2.65. The van der Waals surface area contributed by atoms with Gasteiger partial charge in [-0.2, -0.15) is 0 Å². The summed E-state index contributed by atoms with van der Waals surface area (Å²) in [6, 6.07) is 32.0. The summed E-state index contributed by atoms with van der Waals surface area (Å²) in [6.07, 6.45) is 14.7. The normalized spacial score (nSPS) is 15.9. The number of hydrogen-bond donors (Lipinski definition) is 9. The fraction of sp³-hybridized carbons (Fsp3) is 0.304. The van der Waals surface area contributed by atoms with Gasteiger partial charge in [-0.1, -0.05) is 124 Å². The van der Waals surface area contributed by atoms with Crippen molar-refractivity contribution in [2.45, 2.75) is 84.7 Å². The number of likely N-dealkylation sites (tertiary alicyclic amines) is 1. The zero-order valence-electron chi connectivity index (χ0n) is 52.3. The van der Waals surface area contributed by atoms with Gasteiger partial charge in [0, 0.05) is 129 Å². The molecule has 490 valence electrons. The van der Waals surface area contributed by atoms with Gasteiger partial charge in [0.05, 0.1) is 38.3 Å². The average molecular weight is 1420 g/mol. The predicted octanol–water partition coefficient (Wildman–Crippen LogP) is 16.1. The fourth-order valence-electron chi connectivity index (χ4n) is 12.2. The number of imidazole rings is 1. The molecular weight excluding hydrogens is 1340 g/mol. The lowest BCUT2D eigenvalue weighted by atomic mass is 9.83. The number of halogens is 5. The summed E-state index contributed by atoms with van der Waals surface area (Å²) >= 11 is 30.5. The Morgan fingerprint density at radius 3 is 2.31 bits per heavy atom. The molecule has 0 spiro atoms. The smallest absolute Gasteiger partial charge is 0.247 e. The summed E-state index contributed by atoms with van der Waals surface area (Å²) < 4.78 is 0. The number of fused-ring (bicyclic) bond motifs is 4. The Hall–Kier alpha value is -6.89. The summed E-state index contributed by atoms with van der Waals surface area (Å²) in [7, 11) is 7.39. The standard InChI is InChI=1S/C21H21N5O.C20H20ClN3O2.C17H20Cl2N4.C11H12Cl2N2.H2P2S/c27-21(18-6-3-9-22-18)24-14-7-8-17-19(11-14)26-20(25-17)10-13-12-23-16-5-2-1-4-15(13)16;21-15-2-3-18-16(8-15)17(10-22-18)19(25)7-13-5-6-24(11-13)12-14-1-4-20(26)23-9-14;1-17(2)6-8-23(9-7-17)13-10-21-15(16(20)22-13)11-4-3-5-12(18)14(11)19;1-6-8(2-3-14)11-9(13)4-7(12)5-10(11)15-6;1-3-2/h1-2,4-5,7-8,11-12,18,22-23H,3,6,9-10H2,(H,24,27)(H,25,26);1-4,8-10,13,22H,5-7,11-12H2,(H,23,26);3-5,10H,6-9H2,1-2H3,(H2,20,22);4-5,15H,2-3,14H2,1H3;1-2H/t;13-;;;/m.1.../s1. The van der Waals surface area contributed by atoms with Crippen LogP contribution in [0.1, 0.15) is 90.9 Å². The highest BCUT2D eigenvalue weighted by Crippen LogP contribution is 2.38. The van der Waals surface area contributed by atoms with E-state index in [4.69, 9.17) is 74.5 Å². The second-order valence-electron chi connectivity index (χ2n) is 24.5. The van der Waals surface area contributed by atoms with Crippen LogP contribution in [0, 0.1) is 18.3 Å². The summed E-state index contributed by atoms with van der Waals surface area (Å²) in [5.41, 5.74) is 24.3. The number of rotatable bonds is 13. The number of piperidine rings is 1. The molecule has 6 aromatic heterocycles. The van der Waals surface area contributed by atoms with Crippen molar-refractivity contribution in [1.82, 2.24) is 50.1 Å². The van der Waals surface area contributed by atoms with Gasteiger partial charge in [-0.25, -0.2) is 15.0 Å². The number of nitrogens with two attached hydrogens (primary N) is 2. The number of hydrogen-bond acceptors (Lipinski definition) is 11. The number of para-hydroxylation sites is 1. The maximum atomic E-state index is 12.8. The molecule has 0 saturated carbocycles. The van der Waals surface area contributed by atoms with E-state index in [1.165, 1.54) is 26.6 Å². The van der Waals surface area contributed by atoms with Gasteiger partial charge in [-0.3, -0.25) is 19.3 Å². The lowest BCUT2D eigenvalue weighted by molar-refractivity contribution is -0.117. The van der Waals surface area contributed by atoms with Crippen LogP contribution in [0.25, 0.3) is 55.0 Å². The minimum Gasteiger partial charge on any atom is -0.382 e. The van der Waals surface area contributed by atoms with E-state index in [0.29, 0.717) is 66.5 Å². The molecular formula is C69H75Cl5N14O3P2S. The van der Waals surface area contributed by atoms with Crippen LogP contribution in [0.15, 0.2) is 133 Å². The Morgan fingerprint density at radius 2 is 1.56 bits per heavy atom. The van der Waals surface area contributed by atoms with Crippen molar-refractivity contribution >= 4 is 157 Å². The number of anilines is 3. The number of aryl methyl sites for hydroxylation is 1. The number of H-pyrrole nitrogens is 5. The molecule has 3 aliphatic heterocycles. The predicted molar refractivity (Wildman–Crippen MR) is 396 cm³/mol. The van der Waals surface area contributed by atoms with Gasteiger partial charge in [0.2, 0.25) is 11.5 Å². The Balaban J connectivity index is 0.000000137. The van der Waals surface area contributed by atoms with E-state index in [1.54, 1.807) is 36.8 Å². The van der Waals surface area contributed by atoms with Gasteiger partial charge in [-0.05, 0) is 154 Å². The molecule has 3 saturated heterocycles. The van der Waals surface area contributed by atoms with E-state index in [1.807, 2.05) is 85.9 Å². The first-order valence-corrected chi connectivity index (χ1v) is 36.2. The monoisotopic (exact) mass is 1420 g/mol. The van der Waals surface area contributed by atoms with Crippen molar-refractivity contribution in [2.75, 3.05) is 55.2 Å². The second kappa shape index (κ2) is 32.2. The van der Waals surface area contributed by atoms with Crippen LogP contribution in [0.5, 0.6) is 0 Å². The lowest BCUT2D eigenvalue weighted by Crippen LogP contribution is -2.37. The van der Waals surface area contributed by atoms with E-state index >= 15 is 0 Å². The molecule has 25 heteroatoms. The molecule has 3 fully saturated rings. The largest absolute Gasteiger partial charge is 0.382 e. The van der Waals surface area contributed by atoms with Gasteiger partial charge >= 0.3 is 0 Å². The second-order valence-corrected chi connectivity index (χ2v) is 29.2. The SMILES string of the molecule is CC1(C)CCN(c2cnc(-c3cccc(Cl)c3Cl)c(N)n2)CC1.Cc1[nH]c2cc(Cl)cc(Cl)c2c1CCN.O=C(C[C@H]1CCN(Cc2ccc(=O)[nH]c2)C1)c1c[nH]c2ccc(Cl)cc12.O=C(Nc1ccc2nc(Cc3c[nH]c4ccccc34)[nH]c2c1)C1CCCN1.P=S=P. The number of benzene rings is 5. The van der Waals surface area contributed by atoms with Gasteiger partial charge in [0.1, 0.15) is 17.3 Å². The number of carbonyl (C=O) groups excluding carboxylic acids is 2. The van der Waals surface area contributed by atoms with Crippen molar-refractivity contribution in [1.29, 1.82) is 0 Å². The molecule has 3 aliphatic rings. The first kappa shape index (κ1) is 69.9. The van der Waals surface area contributed by atoms with Gasteiger partial charge in [0.25, 0.3) is 0 Å². The number of aromatic amines is 5. The first-order chi connectivity index (χ1) is 45.3. The van der Waals surface area contributed by atoms with E-state index in [9.17, 15) is 14.4 Å². The van der Waals surface area contributed by atoms with Crippen molar-refractivity contribution in [2.24, 2.45) is 17.1 Å². The zero-order chi connectivity index (χ0) is 66.6. The number of Topliss-reactive ketones (excluding diaryl/α,β-unsaturated/α-hetero) is 1. The number of ketones is 1. The van der Waals surface area contributed by atoms with Gasteiger partial charge < -0.3 is 51.9 Å². The van der Waals surface area contributed by atoms with Crippen LogP contribution < -0.4 is 32.6 Å². The third kappa shape index (κ3) is 17.8. The van der Waals surface area contributed by atoms with Crippen LogP contribution in [0.3, 0.4) is 0 Å². The topological polar surface area (TPSA) is 251 Å². The van der Waals surface area contributed by atoms with E-state index in [-0.39, 0.29) is 23.3 Å². The fourth-order valence-corrected chi connectivity index (χ4v) is 13.4. The van der Waals surface area contributed by atoms with Crippen LogP contribution in [-0.4, -0.2) is 102 Å². The number of nitrogens with one attached hydrogen (secondary N) is 7. The van der Waals surface area contributed by atoms with Crippen LogP contribution in [0.2, 0.25) is 25.1 Å².